The van der Waals surface area contributed by atoms with Crippen LogP contribution in [-0.4, -0.2) is 43.2 Å². The molecule has 0 bridgehead atoms. The first kappa shape index (κ1) is 16.2. The van der Waals surface area contributed by atoms with Gasteiger partial charge in [-0.05, 0) is 57.4 Å². The van der Waals surface area contributed by atoms with Crippen LogP contribution in [-0.2, 0) is 9.84 Å². The van der Waals surface area contributed by atoms with Gasteiger partial charge in [0.1, 0.15) is 9.84 Å². The number of sulfone groups is 1. The molecule has 0 radical (unpaired) electrons. The third-order valence-electron chi connectivity index (χ3n) is 5.34. The van der Waals surface area contributed by atoms with Crippen molar-refractivity contribution in [2.45, 2.75) is 75.2 Å². The van der Waals surface area contributed by atoms with Gasteiger partial charge < -0.3 is 10.4 Å². The van der Waals surface area contributed by atoms with Gasteiger partial charge in [-0.2, -0.15) is 0 Å². The molecule has 2 saturated carbocycles. The van der Waals surface area contributed by atoms with Crippen molar-refractivity contribution in [1.29, 1.82) is 0 Å². The van der Waals surface area contributed by atoms with E-state index in [2.05, 4.69) is 12.2 Å². The quantitative estimate of drug-likeness (QED) is 0.832. The average Bonchev–Trinajstić information content (AvgIpc) is 2.41. The molecule has 0 aromatic rings. The maximum atomic E-state index is 11.8. The van der Waals surface area contributed by atoms with E-state index in [9.17, 15) is 13.5 Å². The summed E-state index contributed by atoms with van der Waals surface area (Å²) in [6.45, 7) is 3.08. The van der Waals surface area contributed by atoms with Crippen molar-refractivity contribution >= 4 is 9.84 Å². The van der Waals surface area contributed by atoms with Crippen LogP contribution in [0.2, 0.25) is 0 Å². The van der Waals surface area contributed by atoms with Gasteiger partial charge >= 0.3 is 0 Å². The van der Waals surface area contributed by atoms with E-state index >= 15 is 0 Å². The van der Waals surface area contributed by atoms with Crippen LogP contribution in [0.1, 0.15) is 58.3 Å². The Bertz CT molecular complexity index is 413. The Labute approximate surface area is 123 Å². The standard InChI is InChI=1S/C15H29NO3S/c1-3-16-13-7-9-15(17,10-8-13)12-5-4-6-14(11-12)20(2,18)19/h12-14,16-17H,3-11H2,1-2H3. The molecular formula is C15H29NO3S. The fourth-order valence-electron chi connectivity index (χ4n) is 4.04. The fraction of sp³-hybridized carbons (Fsp3) is 1.00. The minimum atomic E-state index is -2.97. The maximum Gasteiger partial charge on any atom is 0.150 e. The van der Waals surface area contributed by atoms with E-state index in [1.807, 2.05) is 0 Å². The summed E-state index contributed by atoms with van der Waals surface area (Å²) in [5.41, 5.74) is -0.630. The van der Waals surface area contributed by atoms with E-state index in [1.54, 1.807) is 0 Å². The minimum absolute atomic E-state index is 0.165. The van der Waals surface area contributed by atoms with E-state index in [4.69, 9.17) is 0 Å². The Morgan fingerprint density at radius 1 is 1.20 bits per heavy atom. The smallest absolute Gasteiger partial charge is 0.150 e. The molecule has 0 saturated heterocycles. The third kappa shape index (κ3) is 3.74. The maximum absolute atomic E-state index is 11.8. The van der Waals surface area contributed by atoms with Crippen LogP contribution in [0.4, 0.5) is 0 Å². The van der Waals surface area contributed by atoms with Gasteiger partial charge in [-0.15, -0.1) is 0 Å². The molecular weight excluding hydrogens is 274 g/mol. The summed E-state index contributed by atoms with van der Waals surface area (Å²) in [6.07, 6.45) is 8.31. The lowest BCUT2D eigenvalue weighted by Gasteiger charge is -2.44. The molecule has 0 aliphatic heterocycles. The molecule has 2 fully saturated rings. The van der Waals surface area contributed by atoms with Crippen LogP contribution < -0.4 is 5.32 Å². The summed E-state index contributed by atoms with van der Waals surface area (Å²) in [5.74, 6) is 0.165. The van der Waals surface area contributed by atoms with E-state index in [-0.39, 0.29) is 11.2 Å². The summed E-state index contributed by atoms with van der Waals surface area (Å²) in [4.78, 5) is 0. The van der Waals surface area contributed by atoms with Crippen LogP contribution in [0.3, 0.4) is 0 Å². The van der Waals surface area contributed by atoms with Crippen molar-refractivity contribution in [3.8, 4) is 0 Å². The molecule has 2 aliphatic rings. The van der Waals surface area contributed by atoms with Gasteiger partial charge in [0.25, 0.3) is 0 Å². The van der Waals surface area contributed by atoms with Gasteiger partial charge in [0.05, 0.1) is 10.9 Å². The summed E-state index contributed by atoms with van der Waals surface area (Å²) >= 11 is 0. The predicted molar refractivity (Wildman–Crippen MR) is 81.5 cm³/mol. The first-order valence-corrected chi connectivity index (χ1v) is 9.95. The molecule has 0 aromatic carbocycles. The lowest BCUT2D eigenvalue weighted by Crippen LogP contribution is -2.48. The predicted octanol–water partition coefficient (Wildman–Crippen LogP) is 1.87. The highest BCUT2D eigenvalue weighted by atomic mass is 32.2. The number of rotatable bonds is 4. The van der Waals surface area contributed by atoms with Crippen molar-refractivity contribution < 1.29 is 13.5 Å². The van der Waals surface area contributed by atoms with Crippen LogP contribution in [0.15, 0.2) is 0 Å². The topological polar surface area (TPSA) is 66.4 Å². The van der Waals surface area contributed by atoms with E-state index in [1.165, 1.54) is 6.26 Å². The zero-order chi connectivity index (χ0) is 14.8. The van der Waals surface area contributed by atoms with Crippen LogP contribution in [0, 0.1) is 5.92 Å². The summed E-state index contributed by atoms with van der Waals surface area (Å²) in [5, 5.41) is 14.2. The van der Waals surface area contributed by atoms with Crippen LogP contribution in [0.5, 0.6) is 0 Å². The summed E-state index contributed by atoms with van der Waals surface area (Å²) < 4.78 is 23.5. The molecule has 0 spiro atoms. The van der Waals surface area contributed by atoms with Crippen molar-refractivity contribution in [2.75, 3.05) is 12.8 Å². The van der Waals surface area contributed by atoms with Gasteiger partial charge in [0, 0.05) is 12.3 Å². The zero-order valence-electron chi connectivity index (χ0n) is 12.8. The van der Waals surface area contributed by atoms with E-state index in [0.29, 0.717) is 12.5 Å². The highest BCUT2D eigenvalue weighted by Crippen LogP contribution is 2.42. The molecule has 2 rings (SSSR count). The van der Waals surface area contributed by atoms with Crippen molar-refractivity contribution in [2.24, 2.45) is 5.92 Å². The van der Waals surface area contributed by atoms with Gasteiger partial charge in [0.15, 0.2) is 0 Å². The largest absolute Gasteiger partial charge is 0.390 e. The number of aliphatic hydroxyl groups is 1. The van der Waals surface area contributed by atoms with Crippen molar-refractivity contribution in [3.05, 3.63) is 0 Å². The van der Waals surface area contributed by atoms with Crippen molar-refractivity contribution in [1.82, 2.24) is 5.32 Å². The minimum Gasteiger partial charge on any atom is -0.390 e. The Kier molecular flexibility index (Phi) is 5.14. The van der Waals surface area contributed by atoms with E-state index < -0.39 is 15.4 Å². The SMILES string of the molecule is CCNC1CCC(O)(C2CCCC(S(C)(=O)=O)C2)CC1. The Balaban J connectivity index is 1.97. The Hall–Kier alpha value is -0.130. The highest BCUT2D eigenvalue weighted by molar-refractivity contribution is 7.91. The lowest BCUT2D eigenvalue weighted by molar-refractivity contribution is -0.0655. The molecule has 2 N–H and O–H groups in total. The van der Waals surface area contributed by atoms with Gasteiger partial charge in [-0.1, -0.05) is 13.3 Å². The van der Waals surface area contributed by atoms with Crippen LogP contribution in [0.25, 0.3) is 0 Å². The Morgan fingerprint density at radius 2 is 1.85 bits per heavy atom. The molecule has 2 unspecified atom stereocenters. The average molecular weight is 303 g/mol. The molecule has 20 heavy (non-hydrogen) atoms. The second-order valence-electron chi connectivity index (χ2n) is 6.75. The van der Waals surface area contributed by atoms with Crippen molar-refractivity contribution in [3.63, 3.8) is 0 Å². The molecule has 0 aromatic heterocycles. The van der Waals surface area contributed by atoms with Crippen LogP contribution >= 0.6 is 0 Å². The normalized spacial score (nSPS) is 39.6. The van der Waals surface area contributed by atoms with Gasteiger partial charge in [0.2, 0.25) is 0 Å². The lowest BCUT2D eigenvalue weighted by atomic mass is 9.69. The first-order chi connectivity index (χ1) is 9.35. The molecule has 2 aliphatic carbocycles. The monoisotopic (exact) mass is 303 g/mol. The number of hydrogen-bond acceptors (Lipinski definition) is 4. The second-order valence-corrected chi connectivity index (χ2v) is 9.08. The van der Waals surface area contributed by atoms with Gasteiger partial charge in [-0.3, -0.25) is 0 Å². The molecule has 0 heterocycles. The summed E-state index contributed by atoms with van der Waals surface area (Å²) in [7, 11) is -2.97. The van der Waals surface area contributed by atoms with Gasteiger partial charge in [-0.25, -0.2) is 8.42 Å². The fourth-order valence-corrected chi connectivity index (χ4v) is 5.22. The third-order valence-corrected chi connectivity index (χ3v) is 6.97. The molecule has 4 nitrogen and oxygen atoms in total. The second kappa shape index (κ2) is 6.32. The number of hydrogen-bond donors (Lipinski definition) is 2. The van der Waals surface area contributed by atoms with E-state index in [0.717, 1.165) is 51.5 Å². The molecule has 0 amide bonds. The molecule has 2 atom stereocenters. The molecule has 118 valence electrons. The number of nitrogens with one attached hydrogen (secondary N) is 1. The zero-order valence-corrected chi connectivity index (χ0v) is 13.6. The molecule has 5 heteroatoms. The highest BCUT2D eigenvalue weighted by Gasteiger charge is 2.43. The summed E-state index contributed by atoms with van der Waals surface area (Å²) in [6, 6.07) is 0.523. The first-order valence-electron chi connectivity index (χ1n) is 8.00. The Morgan fingerprint density at radius 3 is 2.40 bits per heavy atom.